The number of nitrogens with two attached hydrogens (primary N) is 1. The van der Waals surface area contributed by atoms with Crippen molar-refractivity contribution in [2.75, 3.05) is 11.1 Å². The molecule has 8 nitrogen and oxygen atoms in total. The summed E-state index contributed by atoms with van der Waals surface area (Å²) in [4.78, 5) is 27.4. The number of rotatable bonds is 3. The van der Waals surface area contributed by atoms with Crippen LogP contribution in [0.1, 0.15) is 5.69 Å². The Labute approximate surface area is 174 Å². The zero-order valence-electron chi connectivity index (χ0n) is 16.1. The van der Waals surface area contributed by atoms with Crippen molar-refractivity contribution in [1.82, 2.24) is 14.8 Å². The maximum absolute atomic E-state index is 14.4. The number of carbonyl (C=O) groups is 1. The number of halogens is 1. The lowest BCUT2D eigenvalue weighted by molar-refractivity contribution is -0.111. The van der Waals surface area contributed by atoms with Crippen molar-refractivity contribution in [2.45, 2.75) is 6.61 Å². The zero-order valence-corrected chi connectivity index (χ0v) is 16.1. The number of hydrogen-bond acceptors (Lipinski definition) is 5. The standard InChI is InChI=1S/C22H16FN5O3/c1-2-16(29)25-13-8-5-6-11-17-14(10-31-20(11)13)26-22(30)18-19(17)27-28(21(18)24)15-9-4-3-7-12(15)23/h2-9H,1,10,24H2,(H,25,29)(H,26,30). The molecule has 154 valence electrons. The van der Waals surface area contributed by atoms with Crippen LogP contribution in [0.15, 0.2) is 59.9 Å². The maximum Gasteiger partial charge on any atom is 0.261 e. The van der Waals surface area contributed by atoms with Gasteiger partial charge in [-0.25, -0.2) is 9.07 Å². The normalized spacial score (nSPS) is 12.0. The van der Waals surface area contributed by atoms with Crippen LogP contribution in [0.3, 0.4) is 0 Å². The van der Waals surface area contributed by atoms with E-state index in [1.165, 1.54) is 16.8 Å². The molecule has 0 radical (unpaired) electrons. The van der Waals surface area contributed by atoms with Crippen molar-refractivity contribution >= 4 is 28.3 Å². The largest absolute Gasteiger partial charge is 0.485 e. The van der Waals surface area contributed by atoms with Crippen LogP contribution in [0.25, 0.3) is 27.7 Å². The molecule has 4 N–H and O–H groups in total. The number of fused-ring (bicyclic) bond motifs is 5. The van der Waals surface area contributed by atoms with Crippen LogP contribution in [-0.2, 0) is 11.4 Å². The molecule has 0 fully saturated rings. The molecule has 1 amide bonds. The lowest BCUT2D eigenvalue weighted by Crippen LogP contribution is -2.18. The SMILES string of the molecule is C=CC(=O)Nc1cccc2c1OCc1[nH]c(=O)c3c(N)n(-c4ccccc4F)nc3c1-2. The number of anilines is 2. The van der Waals surface area contributed by atoms with Gasteiger partial charge in [0.15, 0.2) is 5.75 Å². The minimum atomic E-state index is -0.523. The van der Waals surface area contributed by atoms with Gasteiger partial charge in [0.2, 0.25) is 5.91 Å². The lowest BCUT2D eigenvalue weighted by atomic mass is 9.98. The maximum atomic E-state index is 14.4. The third-order valence-corrected chi connectivity index (χ3v) is 5.12. The number of carbonyl (C=O) groups excluding carboxylic acids is 1. The van der Waals surface area contributed by atoms with E-state index in [4.69, 9.17) is 10.5 Å². The lowest BCUT2D eigenvalue weighted by Gasteiger charge is -2.23. The molecule has 1 aliphatic heterocycles. The van der Waals surface area contributed by atoms with Gasteiger partial charge in [-0.15, -0.1) is 0 Å². The van der Waals surface area contributed by atoms with Crippen LogP contribution in [0, 0.1) is 5.82 Å². The molecule has 2 aromatic carbocycles. The number of pyridine rings is 1. The minimum absolute atomic E-state index is 0.0216. The summed E-state index contributed by atoms with van der Waals surface area (Å²) < 4.78 is 21.4. The van der Waals surface area contributed by atoms with Crippen LogP contribution in [-0.4, -0.2) is 20.7 Å². The number of nitrogens with zero attached hydrogens (tertiary/aromatic N) is 2. The van der Waals surface area contributed by atoms with Gasteiger partial charge in [-0.2, -0.15) is 5.10 Å². The molecule has 31 heavy (non-hydrogen) atoms. The van der Waals surface area contributed by atoms with Gasteiger partial charge in [0.25, 0.3) is 5.56 Å². The smallest absolute Gasteiger partial charge is 0.261 e. The first-order chi connectivity index (χ1) is 15.0. The van der Waals surface area contributed by atoms with Crippen molar-refractivity contribution in [3.05, 3.63) is 77.0 Å². The van der Waals surface area contributed by atoms with Crippen molar-refractivity contribution < 1.29 is 13.9 Å². The fourth-order valence-electron chi connectivity index (χ4n) is 3.76. The van der Waals surface area contributed by atoms with Crippen LogP contribution in [0.5, 0.6) is 5.75 Å². The summed E-state index contributed by atoms with van der Waals surface area (Å²) in [5, 5.41) is 7.35. The summed E-state index contributed by atoms with van der Waals surface area (Å²) in [6.07, 6.45) is 1.16. The van der Waals surface area contributed by atoms with Gasteiger partial charge in [-0.3, -0.25) is 9.59 Å². The van der Waals surface area contributed by atoms with Crippen molar-refractivity contribution in [2.24, 2.45) is 0 Å². The summed E-state index contributed by atoms with van der Waals surface area (Å²) in [6.45, 7) is 3.51. The highest BCUT2D eigenvalue weighted by Crippen LogP contribution is 2.44. The van der Waals surface area contributed by atoms with E-state index < -0.39 is 11.4 Å². The fourth-order valence-corrected chi connectivity index (χ4v) is 3.76. The van der Waals surface area contributed by atoms with Gasteiger partial charge >= 0.3 is 0 Å². The van der Waals surface area contributed by atoms with Crippen LogP contribution in [0.2, 0.25) is 0 Å². The molecule has 0 spiro atoms. The molecule has 0 saturated heterocycles. The second-order valence-corrected chi connectivity index (χ2v) is 6.94. The van der Waals surface area contributed by atoms with Gasteiger partial charge in [0.05, 0.1) is 11.4 Å². The molecule has 1 aliphatic rings. The monoisotopic (exact) mass is 417 g/mol. The van der Waals surface area contributed by atoms with Gasteiger partial charge < -0.3 is 20.8 Å². The van der Waals surface area contributed by atoms with Crippen molar-refractivity contribution in [3.63, 3.8) is 0 Å². The average Bonchev–Trinajstić information content (AvgIpc) is 3.11. The Balaban J connectivity index is 1.80. The number of benzene rings is 2. The number of ether oxygens (including phenoxy) is 1. The van der Waals surface area contributed by atoms with Crippen molar-refractivity contribution in [3.8, 4) is 22.6 Å². The van der Waals surface area contributed by atoms with E-state index in [2.05, 4.69) is 22.0 Å². The van der Waals surface area contributed by atoms with Crippen LogP contribution >= 0.6 is 0 Å². The zero-order chi connectivity index (χ0) is 21.7. The number of hydrogen-bond donors (Lipinski definition) is 3. The Hall–Kier alpha value is -4.40. The third kappa shape index (κ3) is 2.78. The Morgan fingerprint density at radius 2 is 2.10 bits per heavy atom. The molecule has 0 bridgehead atoms. The molecular formula is C22H16FN5O3. The molecule has 2 aromatic heterocycles. The van der Waals surface area contributed by atoms with Crippen LogP contribution < -0.4 is 21.3 Å². The quantitative estimate of drug-likeness (QED) is 0.443. The molecule has 0 unspecified atom stereocenters. The molecule has 4 aromatic rings. The van der Waals surface area contributed by atoms with E-state index in [-0.39, 0.29) is 29.4 Å². The molecule has 0 aliphatic carbocycles. The number of H-pyrrole nitrogens is 1. The Morgan fingerprint density at radius 1 is 1.29 bits per heavy atom. The van der Waals surface area contributed by atoms with E-state index in [1.54, 1.807) is 30.3 Å². The number of nitrogens with one attached hydrogen (secondary N) is 2. The summed E-state index contributed by atoms with van der Waals surface area (Å²) >= 11 is 0. The van der Waals surface area contributed by atoms with E-state index in [0.29, 0.717) is 33.8 Å². The average molecular weight is 417 g/mol. The molecule has 3 heterocycles. The second-order valence-electron chi connectivity index (χ2n) is 6.94. The van der Waals surface area contributed by atoms with Gasteiger partial charge in [0.1, 0.15) is 34.8 Å². The summed E-state index contributed by atoms with van der Waals surface area (Å²) in [5.74, 6) is -0.459. The minimum Gasteiger partial charge on any atom is -0.485 e. The fraction of sp³-hybridized carbons (Fsp3) is 0.0455. The first-order valence-electron chi connectivity index (χ1n) is 9.37. The predicted molar refractivity (Wildman–Crippen MR) is 115 cm³/mol. The molecular weight excluding hydrogens is 401 g/mol. The second kappa shape index (κ2) is 6.84. The summed E-state index contributed by atoms with van der Waals surface area (Å²) in [6, 6.07) is 11.2. The topological polar surface area (TPSA) is 115 Å². The van der Waals surface area contributed by atoms with Gasteiger partial charge in [0, 0.05) is 11.1 Å². The number of aromatic amines is 1. The third-order valence-electron chi connectivity index (χ3n) is 5.12. The summed E-state index contributed by atoms with van der Waals surface area (Å²) in [5.41, 5.74) is 8.40. The van der Waals surface area contributed by atoms with E-state index in [1.807, 2.05) is 0 Å². The van der Waals surface area contributed by atoms with Crippen LogP contribution in [0.4, 0.5) is 15.9 Å². The highest BCUT2D eigenvalue weighted by atomic mass is 19.1. The Bertz CT molecular complexity index is 1450. The first-order valence-corrected chi connectivity index (χ1v) is 9.37. The Kier molecular flexibility index (Phi) is 4.11. The molecule has 0 saturated carbocycles. The highest BCUT2D eigenvalue weighted by Gasteiger charge is 2.28. The van der Waals surface area contributed by atoms with Crippen molar-refractivity contribution in [1.29, 1.82) is 0 Å². The van der Waals surface area contributed by atoms with E-state index in [0.717, 1.165) is 6.08 Å². The predicted octanol–water partition coefficient (Wildman–Crippen LogP) is 3.12. The number of aromatic nitrogens is 3. The summed E-state index contributed by atoms with van der Waals surface area (Å²) in [7, 11) is 0. The first kappa shape index (κ1) is 18.6. The van der Waals surface area contributed by atoms with E-state index in [9.17, 15) is 14.0 Å². The Morgan fingerprint density at radius 3 is 2.87 bits per heavy atom. The van der Waals surface area contributed by atoms with Gasteiger partial charge in [-0.1, -0.05) is 30.8 Å². The number of para-hydroxylation sites is 2. The molecule has 5 rings (SSSR count). The number of amides is 1. The number of nitrogen functional groups attached to an aromatic ring is 1. The molecule has 0 atom stereocenters. The van der Waals surface area contributed by atoms with E-state index >= 15 is 0 Å². The highest BCUT2D eigenvalue weighted by molar-refractivity contribution is 6.05. The van der Waals surface area contributed by atoms with Gasteiger partial charge in [-0.05, 0) is 24.3 Å². The molecule has 9 heteroatoms.